The summed E-state index contributed by atoms with van der Waals surface area (Å²) in [7, 11) is 1.12. The van der Waals surface area contributed by atoms with Gasteiger partial charge in [0, 0.05) is 26.4 Å². The average Bonchev–Trinajstić information content (AvgIpc) is 2.52. The second-order valence-corrected chi connectivity index (χ2v) is 11.3. The Hall–Kier alpha value is -1.26. The van der Waals surface area contributed by atoms with Gasteiger partial charge in [0.05, 0.1) is 16.2 Å². The van der Waals surface area contributed by atoms with E-state index in [1.54, 1.807) is 30.3 Å². The Kier molecular flexibility index (Phi) is 8.83. The first-order chi connectivity index (χ1) is 12.7. The number of halogens is 6. The molecule has 2 aromatic rings. The Morgan fingerprint density at radius 2 is 1.46 bits per heavy atom. The third kappa shape index (κ3) is 9.79. The molecule has 28 heavy (non-hydrogen) atoms. The zero-order valence-corrected chi connectivity index (χ0v) is 17.6. The smallest absolute Gasteiger partial charge is 0.223 e. The van der Waals surface area contributed by atoms with E-state index < -0.39 is 29.8 Å². The Balaban J connectivity index is 0.000000696. The molecule has 0 saturated carbocycles. The Bertz CT molecular complexity index is 1030. The molecule has 0 radical (unpaired) electrons. The first kappa shape index (κ1) is 24.8. The van der Waals surface area contributed by atoms with Crippen LogP contribution in [0.25, 0.3) is 6.08 Å². The summed E-state index contributed by atoms with van der Waals surface area (Å²) in [6.07, 6.45) is -1.47. The van der Waals surface area contributed by atoms with Gasteiger partial charge in [0.25, 0.3) is 0 Å². The molecule has 4 nitrogen and oxygen atoms in total. The third-order valence-corrected chi connectivity index (χ3v) is 4.87. The Morgan fingerprint density at radius 3 is 1.93 bits per heavy atom. The van der Waals surface area contributed by atoms with Crippen molar-refractivity contribution in [1.82, 2.24) is 0 Å². The van der Waals surface area contributed by atoms with E-state index in [2.05, 4.69) is 21.4 Å². The fourth-order valence-electron chi connectivity index (χ4n) is 1.87. The lowest BCUT2D eigenvalue weighted by Gasteiger charge is -2.07. The molecule has 0 fully saturated rings. The molecule has 0 spiro atoms. The zero-order valence-electron chi connectivity index (χ0n) is 13.7. The van der Waals surface area contributed by atoms with E-state index in [0.717, 1.165) is 29.8 Å². The minimum Gasteiger partial charge on any atom is -0.223 e. The monoisotopic (exact) mass is 494 g/mol. The highest BCUT2D eigenvalue weighted by Gasteiger charge is 2.30. The van der Waals surface area contributed by atoms with Gasteiger partial charge in [-0.2, -0.15) is 21.6 Å². The van der Waals surface area contributed by atoms with Gasteiger partial charge >= 0.3 is 14.4 Å². The first-order valence-electron chi connectivity index (χ1n) is 7.15. The highest BCUT2D eigenvalue weighted by molar-refractivity contribution is 8.31. The van der Waals surface area contributed by atoms with E-state index in [1.165, 1.54) is 6.08 Å². The molecule has 0 atom stereocenters. The molecule has 0 heterocycles. The molecule has 0 N–H and O–H groups in total. The molecule has 12 heteroatoms. The fourth-order valence-corrected chi connectivity index (χ4v) is 3.16. The molecular weight excluding hydrogens is 484 g/mol. The van der Waals surface area contributed by atoms with Crippen molar-refractivity contribution in [3.05, 3.63) is 70.8 Å². The van der Waals surface area contributed by atoms with Crippen LogP contribution in [0.5, 0.6) is 0 Å². The topological polar surface area (TPSA) is 68.3 Å². The summed E-state index contributed by atoms with van der Waals surface area (Å²) in [5.74, 6) is -0.315. The molecule has 0 aliphatic rings. The summed E-state index contributed by atoms with van der Waals surface area (Å²) in [5.41, 5.74) is -0.147. The van der Waals surface area contributed by atoms with Crippen LogP contribution in [0, 0.1) is 0 Å². The molecule has 154 valence electrons. The van der Waals surface area contributed by atoms with Gasteiger partial charge in [0.1, 0.15) is 0 Å². The number of benzene rings is 2. The van der Waals surface area contributed by atoms with Crippen LogP contribution in [0.1, 0.15) is 11.1 Å². The highest BCUT2D eigenvalue weighted by atomic mass is 36.0. The van der Waals surface area contributed by atoms with Gasteiger partial charge in [-0.05, 0) is 42.0 Å². The number of alkyl halides is 3. The number of hydrogen-bond acceptors (Lipinski definition) is 4. The van der Waals surface area contributed by atoms with E-state index in [1.807, 2.05) is 0 Å². The van der Waals surface area contributed by atoms with E-state index in [0.29, 0.717) is 5.02 Å². The van der Waals surface area contributed by atoms with Crippen LogP contribution in [0.2, 0.25) is 5.02 Å². The molecule has 0 aliphatic heterocycles. The molecule has 0 aliphatic carbocycles. The molecule has 0 amide bonds. The highest BCUT2D eigenvalue weighted by Crippen LogP contribution is 2.29. The first-order valence-corrected chi connectivity index (χ1v) is 12.3. The maximum atomic E-state index is 12.5. The van der Waals surface area contributed by atoms with Gasteiger partial charge in [0.2, 0.25) is 0 Å². The predicted molar refractivity (Wildman–Crippen MR) is 105 cm³/mol. The van der Waals surface area contributed by atoms with Gasteiger partial charge in [-0.1, -0.05) is 35.9 Å². The molecular formula is C16H12Cl3F3O4S2. The number of sulfone groups is 1. The molecule has 2 rings (SSSR count). The number of hydrogen-bond donors (Lipinski definition) is 0. The Morgan fingerprint density at radius 1 is 0.929 bits per heavy atom. The van der Waals surface area contributed by atoms with Crippen LogP contribution in [0.15, 0.2) is 59.5 Å². The summed E-state index contributed by atoms with van der Waals surface area (Å²) in [4.78, 5) is -0.152. The lowest BCUT2D eigenvalue weighted by atomic mass is 10.2. The molecule has 2 aromatic carbocycles. The lowest BCUT2D eigenvalue weighted by Crippen LogP contribution is -2.08. The largest absolute Gasteiger partial charge is 0.416 e. The maximum absolute atomic E-state index is 12.5. The summed E-state index contributed by atoms with van der Waals surface area (Å²) in [6.45, 7) is 0. The lowest BCUT2D eigenvalue weighted by molar-refractivity contribution is -0.137. The zero-order chi connectivity index (χ0) is 21.6. The van der Waals surface area contributed by atoms with Crippen molar-refractivity contribution in [2.24, 2.45) is 0 Å². The predicted octanol–water partition coefficient (Wildman–Crippen LogP) is 5.55. The standard InChI is InChI=1S/C16H12ClF3O2S.Cl2O2S/c17-14-5-1-3-12(11-14)4-2-10-23(21,22)15-8-6-13(7-9-15)16(18,19)20;1-5(2,3)4/h1-9,11H,10H2;. The minimum atomic E-state index is -4.49. The second-order valence-electron chi connectivity index (χ2n) is 5.14. The normalized spacial score (nSPS) is 12.5. The second kappa shape index (κ2) is 9.98. The van der Waals surface area contributed by atoms with Crippen LogP contribution < -0.4 is 0 Å². The maximum Gasteiger partial charge on any atom is 0.416 e. The van der Waals surface area contributed by atoms with Crippen molar-refractivity contribution in [1.29, 1.82) is 0 Å². The molecule has 0 unspecified atom stereocenters. The SMILES string of the molecule is O=S(=O)(CC=Cc1cccc(Cl)c1)c1ccc(C(F)(F)F)cc1.O=S(=O)(Cl)Cl. The summed E-state index contributed by atoms with van der Waals surface area (Å²) in [5, 5.41) is 0.526. The summed E-state index contributed by atoms with van der Waals surface area (Å²) >= 11 is 5.82. The van der Waals surface area contributed by atoms with Crippen molar-refractivity contribution in [3.8, 4) is 0 Å². The van der Waals surface area contributed by atoms with Gasteiger partial charge in [0.15, 0.2) is 9.84 Å². The molecule has 0 saturated heterocycles. The van der Waals surface area contributed by atoms with E-state index >= 15 is 0 Å². The van der Waals surface area contributed by atoms with Crippen LogP contribution in [-0.2, 0) is 24.3 Å². The van der Waals surface area contributed by atoms with E-state index in [9.17, 15) is 21.6 Å². The van der Waals surface area contributed by atoms with Crippen LogP contribution in [-0.4, -0.2) is 22.6 Å². The van der Waals surface area contributed by atoms with Gasteiger partial charge in [-0.15, -0.1) is 0 Å². The fraction of sp³-hybridized carbons (Fsp3) is 0.125. The van der Waals surface area contributed by atoms with Crippen LogP contribution in [0.4, 0.5) is 13.2 Å². The van der Waals surface area contributed by atoms with Gasteiger partial charge in [-0.3, -0.25) is 0 Å². The van der Waals surface area contributed by atoms with E-state index in [-0.39, 0.29) is 10.6 Å². The quantitative estimate of drug-likeness (QED) is 0.521. The third-order valence-electron chi connectivity index (χ3n) is 3.02. The van der Waals surface area contributed by atoms with E-state index in [4.69, 9.17) is 20.0 Å². The van der Waals surface area contributed by atoms with Crippen LogP contribution >= 0.6 is 33.0 Å². The average molecular weight is 496 g/mol. The van der Waals surface area contributed by atoms with Crippen molar-refractivity contribution in [2.75, 3.05) is 5.75 Å². The summed E-state index contributed by atoms with van der Waals surface area (Å²) < 4.78 is 79.9. The molecule has 0 bridgehead atoms. The summed E-state index contributed by atoms with van der Waals surface area (Å²) in [6, 6.07) is 10.3. The van der Waals surface area contributed by atoms with Crippen molar-refractivity contribution >= 4 is 57.1 Å². The molecule has 0 aromatic heterocycles. The minimum absolute atomic E-state index is 0.152. The van der Waals surface area contributed by atoms with Crippen molar-refractivity contribution in [2.45, 2.75) is 11.1 Å². The Labute approximate surface area is 174 Å². The van der Waals surface area contributed by atoms with Crippen molar-refractivity contribution in [3.63, 3.8) is 0 Å². The van der Waals surface area contributed by atoms with Gasteiger partial charge in [-0.25, -0.2) is 8.42 Å². The number of rotatable bonds is 4. The van der Waals surface area contributed by atoms with Crippen molar-refractivity contribution < 1.29 is 30.0 Å². The van der Waals surface area contributed by atoms with Crippen LogP contribution in [0.3, 0.4) is 0 Å². The van der Waals surface area contributed by atoms with Gasteiger partial charge < -0.3 is 0 Å².